The lowest BCUT2D eigenvalue weighted by molar-refractivity contribution is -0.125. The normalized spacial score (nSPS) is 29.1. The van der Waals surface area contributed by atoms with E-state index in [1.807, 2.05) is 24.3 Å². The number of ether oxygens (including phenoxy) is 1. The average Bonchev–Trinajstić information content (AvgIpc) is 2.44. The molecule has 4 nitrogen and oxygen atoms in total. The van der Waals surface area contributed by atoms with E-state index in [9.17, 15) is 4.79 Å². The Morgan fingerprint density at radius 3 is 2.57 bits per heavy atom. The summed E-state index contributed by atoms with van der Waals surface area (Å²) in [4.78, 5) is 11.8. The van der Waals surface area contributed by atoms with Gasteiger partial charge in [-0.15, -0.1) is 0 Å². The van der Waals surface area contributed by atoms with Crippen LogP contribution in [0.3, 0.4) is 0 Å². The molecular formula is C17H26N2O2. The van der Waals surface area contributed by atoms with Gasteiger partial charge in [-0.2, -0.15) is 0 Å². The minimum Gasteiger partial charge on any atom is -0.494 e. The number of hydrogen-bond acceptors (Lipinski definition) is 3. The van der Waals surface area contributed by atoms with Gasteiger partial charge in [-0.3, -0.25) is 4.79 Å². The van der Waals surface area contributed by atoms with Crippen LogP contribution in [-0.4, -0.2) is 18.6 Å². The molecule has 0 bridgehead atoms. The molecule has 116 valence electrons. The van der Waals surface area contributed by atoms with Crippen LogP contribution in [0.1, 0.15) is 45.2 Å². The molecule has 4 atom stereocenters. The largest absolute Gasteiger partial charge is 0.494 e. The van der Waals surface area contributed by atoms with Gasteiger partial charge in [0.1, 0.15) is 5.75 Å². The zero-order chi connectivity index (χ0) is 15.4. The Labute approximate surface area is 127 Å². The van der Waals surface area contributed by atoms with Gasteiger partial charge < -0.3 is 15.8 Å². The van der Waals surface area contributed by atoms with Crippen molar-refractivity contribution in [2.24, 2.45) is 17.6 Å². The van der Waals surface area contributed by atoms with Gasteiger partial charge in [-0.05, 0) is 43.4 Å². The van der Waals surface area contributed by atoms with Crippen molar-refractivity contribution >= 4 is 5.91 Å². The van der Waals surface area contributed by atoms with Crippen LogP contribution in [0.15, 0.2) is 24.3 Å². The Bertz CT molecular complexity index is 472. The first-order valence-corrected chi connectivity index (χ1v) is 7.81. The molecule has 3 N–H and O–H groups in total. The molecule has 1 aliphatic heterocycles. The van der Waals surface area contributed by atoms with Crippen LogP contribution in [0, 0.1) is 11.8 Å². The Kier molecular flexibility index (Phi) is 5.23. The number of hydrogen-bond donors (Lipinski definition) is 2. The number of carbonyl (C=O) groups excluding carboxylic acids is 1. The van der Waals surface area contributed by atoms with Crippen molar-refractivity contribution in [2.45, 2.75) is 45.7 Å². The van der Waals surface area contributed by atoms with Crippen molar-refractivity contribution in [1.82, 2.24) is 5.32 Å². The van der Waals surface area contributed by atoms with Gasteiger partial charge in [0, 0.05) is 12.1 Å². The molecule has 21 heavy (non-hydrogen) atoms. The van der Waals surface area contributed by atoms with E-state index < -0.39 is 0 Å². The molecule has 4 heteroatoms. The average molecular weight is 290 g/mol. The van der Waals surface area contributed by atoms with Gasteiger partial charge in [-0.25, -0.2) is 0 Å². The van der Waals surface area contributed by atoms with Gasteiger partial charge in [0.2, 0.25) is 5.91 Å². The van der Waals surface area contributed by atoms with Crippen LogP contribution in [0.25, 0.3) is 0 Å². The summed E-state index contributed by atoms with van der Waals surface area (Å²) < 4.78 is 5.60. The van der Waals surface area contributed by atoms with Crippen LogP contribution >= 0.6 is 0 Å². The molecule has 0 saturated carbocycles. The van der Waals surface area contributed by atoms with Gasteiger partial charge >= 0.3 is 0 Å². The van der Waals surface area contributed by atoms with Crippen molar-refractivity contribution < 1.29 is 9.53 Å². The number of rotatable bonds is 5. The van der Waals surface area contributed by atoms with Gasteiger partial charge in [-0.1, -0.05) is 26.0 Å². The maximum absolute atomic E-state index is 11.8. The molecule has 4 unspecified atom stereocenters. The molecule has 1 heterocycles. The number of piperidine rings is 1. The van der Waals surface area contributed by atoms with Crippen LogP contribution in [0.4, 0.5) is 0 Å². The van der Waals surface area contributed by atoms with Crippen molar-refractivity contribution in [3.05, 3.63) is 29.8 Å². The molecule has 1 aliphatic rings. The second-order valence-electron chi connectivity index (χ2n) is 6.10. The fourth-order valence-electron chi connectivity index (χ4n) is 3.25. The highest BCUT2D eigenvalue weighted by Crippen LogP contribution is 2.35. The summed E-state index contributed by atoms with van der Waals surface area (Å²) in [5.41, 5.74) is 6.72. The maximum Gasteiger partial charge on any atom is 0.222 e. The van der Waals surface area contributed by atoms with E-state index in [2.05, 4.69) is 26.1 Å². The van der Waals surface area contributed by atoms with Gasteiger partial charge in [0.15, 0.2) is 0 Å². The first kappa shape index (κ1) is 15.8. The van der Waals surface area contributed by atoms with E-state index in [-0.39, 0.29) is 17.9 Å². The summed E-state index contributed by atoms with van der Waals surface area (Å²) in [6, 6.07) is 8.37. The Morgan fingerprint density at radius 1 is 1.33 bits per heavy atom. The highest BCUT2D eigenvalue weighted by Gasteiger charge is 2.37. The Hall–Kier alpha value is -1.55. The minimum atomic E-state index is -0.224. The molecule has 2 rings (SSSR count). The third-order valence-corrected chi connectivity index (χ3v) is 4.20. The number of nitrogens with one attached hydrogen (secondary N) is 1. The highest BCUT2D eigenvalue weighted by atomic mass is 16.5. The quantitative estimate of drug-likeness (QED) is 0.876. The summed E-state index contributed by atoms with van der Waals surface area (Å²) in [7, 11) is 0. The summed E-state index contributed by atoms with van der Waals surface area (Å²) in [6.07, 6.45) is 1.96. The van der Waals surface area contributed by atoms with E-state index in [4.69, 9.17) is 10.5 Å². The molecule has 0 radical (unpaired) electrons. The molecule has 1 amide bonds. The zero-order valence-corrected chi connectivity index (χ0v) is 13.1. The summed E-state index contributed by atoms with van der Waals surface area (Å²) in [5, 5.41) is 3.52. The molecule has 1 aromatic carbocycles. The fourth-order valence-corrected chi connectivity index (χ4v) is 3.25. The lowest BCUT2D eigenvalue weighted by Gasteiger charge is -2.39. The molecule has 1 aromatic rings. The monoisotopic (exact) mass is 290 g/mol. The maximum atomic E-state index is 11.8. The third-order valence-electron chi connectivity index (χ3n) is 4.20. The summed E-state index contributed by atoms with van der Waals surface area (Å²) in [6.45, 7) is 7.07. The molecule has 1 saturated heterocycles. The second kappa shape index (κ2) is 6.94. The first-order chi connectivity index (χ1) is 10.0. The van der Waals surface area contributed by atoms with E-state index in [1.165, 1.54) is 0 Å². The van der Waals surface area contributed by atoms with Crippen LogP contribution in [0.5, 0.6) is 5.75 Å². The SMILES string of the molecule is CCCOc1ccc(C2NC(C)CC(C)C2C(N)=O)cc1. The summed E-state index contributed by atoms with van der Waals surface area (Å²) >= 11 is 0. The first-order valence-electron chi connectivity index (χ1n) is 7.81. The number of primary amides is 1. The van der Waals surface area contributed by atoms with Crippen LogP contribution in [0.2, 0.25) is 0 Å². The van der Waals surface area contributed by atoms with E-state index in [0.29, 0.717) is 12.0 Å². The minimum absolute atomic E-state index is 0.0125. The van der Waals surface area contributed by atoms with Crippen LogP contribution < -0.4 is 15.8 Å². The number of carbonyl (C=O) groups is 1. The van der Waals surface area contributed by atoms with E-state index in [1.54, 1.807) is 0 Å². The van der Waals surface area contributed by atoms with Gasteiger partial charge in [0.25, 0.3) is 0 Å². The second-order valence-corrected chi connectivity index (χ2v) is 6.10. The van der Waals surface area contributed by atoms with Gasteiger partial charge in [0.05, 0.1) is 12.5 Å². The van der Waals surface area contributed by atoms with Crippen molar-refractivity contribution in [3.63, 3.8) is 0 Å². The topological polar surface area (TPSA) is 64.3 Å². The smallest absolute Gasteiger partial charge is 0.222 e. The van der Waals surface area contributed by atoms with Crippen molar-refractivity contribution in [2.75, 3.05) is 6.61 Å². The number of nitrogens with two attached hydrogens (primary N) is 1. The Morgan fingerprint density at radius 2 is 2.00 bits per heavy atom. The fraction of sp³-hybridized carbons (Fsp3) is 0.588. The zero-order valence-electron chi connectivity index (χ0n) is 13.1. The highest BCUT2D eigenvalue weighted by molar-refractivity contribution is 5.78. The number of amides is 1. The third kappa shape index (κ3) is 3.76. The lowest BCUT2D eigenvalue weighted by atomic mass is 9.76. The van der Waals surface area contributed by atoms with Crippen molar-refractivity contribution in [3.8, 4) is 5.75 Å². The molecule has 0 aromatic heterocycles. The predicted octanol–water partition coefficient (Wildman–Crippen LogP) is 2.64. The summed E-state index contributed by atoms with van der Waals surface area (Å²) in [5.74, 6) is 0.773. The molecule has 1 fully saturated rings. The van der Waals surface area contributed by atoms with E-state index in [0.717, 1.165) is 30.8 Å². The van der Waals surface area contributed by atoms with Crippen LogP contribution in [-0.2, 0) is 4.79 Å². The molecule has 0 aliphatic carbocycles. The van der Waals surface area contributed by atoms with Crippen molar-refractivity contribution in [1.29, 1.82) is 0 Å². The molecule has 0 spiro atoms. The number of benzene rings is 1. The Balaban J connectivity index is 2.18. The predicted molar refractivity (Wildman–Crippen MR) is 84.0 cm³/mol. The molecular weight excluding hydrogens is 264 g/mol. The standard InChI is InChI=1S/C17H26N2O2/c1-4-9-21-14-7-5-13(6-8-14)16-15(17(18)20)11(2)10-12(3)19-16/h5-8,11-12,15-16,19H,4,9-10H2,1-3H3,(H2,18,20). The lowest BCUT2D eigenvalue weighted by Crippen LogP contribution is -2.49. The van der Waals surface area contributed by atoms with E-state index >= 15 is 0 Å².